The van der Waals surface area contributed by atoms with E-state index in [1.54, 1.807) is 26.1 Å². The van der Waals surface area contributed by atoms with Gasteiger partial charge in [-0.3, -0.25) is 0 Å². The number of aromatic nitrogens is 1. The highest BCUT2D eigenvalue weighted by atomic mass is 32.2. The zero-order chi connectivity index (χ0) is 13.9. The van der Waals surface area contributed by atoms with Gasteiger partial charge in [-0.25, -0.2) is 13.1 Å². The van der Waals surface area contributed by atoms with Gasteiger partial charge in [-0.1, -0.05) is 5.16 Å². The van der Waals surface area contributed by atoms with E-state index in [0.29, 0.717) is 23.8 Å². The number of hydrogen-bond donors (Lipinski definition) is 2. The van der Waals surface area contributed by atoms with Crippen LogP contribution < -0.4 is 10.0 Å². The third kappa shape index (κ3) is 3.43. The summed E-state index contributed by atoms with van der Waals surface area (Å²) in [6, 6.07) is 4.70. The summed E-state index contributed by atoms with van der Waals surface area (Å²) in [4.78, 5) is 0. The number of furan rings is 1. The van der Waals surface area contributed by atoms with Crippen LogP contribution in [0.15, 0.2) is 32.2 Å². The van der Waals surface area contributed by atoms with E-state index in [1.807, 2.05) is 0 Å². The number of rotatable bonds is 6. The molecule has 2 N–H and O–H groups in total. The maximum Gasteiger partial charge on any atom is 0.274 e. The van der Waals surface area contributed by atoms with Crippen LogP contribution in [0.1, 0.15) is 17.2 Å². The molecule has 19 heavy (non-hydrogen) atoms. The first-order valence-electron chi connectivity index (χ1n) is 5.66. The van der Waals surface area contributed by atoms with Gasteiger partial charge in [0.2, 0.25) is 5.09 Å². The van der Waals surface area contributed by atoms with E-state index in [2.05, 4.69) is 15.2 Å². The Morgan fingerprint density at radius 3 is 2.68 bits per heavy atom. The fraction of sp³-hybridized carbons (Fsp3) is 0.364. The summed E-state index contributed by atoms with van der Waals surface area (Å²) in [6.07, 6.45) is 0. The lowest BCUT2D eigenvalue weighted by Gasteiger charge is -2.01. The van der Waals surface area contributed by atoms with Crippen molar-refractivity contribution in [2.24, 2.45) is 0 Å². The molecule has 0 spiro atoms. The van der Waals surface area contributed by atoms with Crippen LogP contribution in [0.3, 0.4) is 0 Å². The first-order valence-corrected chi connectivity index (χ1v) is 7.15. The molecule has 7 nitrogen and oxygen atoms in total. The van der Waals surface area contributed by atoms with Gasteiger partial charge >= 0.3 is 0 Å². The molecule has 0 aromatic carbocycles. The summed E-state index contributed by atoms with van der Waals surface area (Å²) in [5.74, 6) is 1.00. The second-order valence-corrected chi connectivity index (χ2v) is 5.71. The van der Waals surface area contributed by atoms with Gasteiger partial charge in [0, 0.05) is 6.07 Å². The molecule has 104 valence electrons. The number of hydrogen-bond acceptors (Lipinski definition) is 6. The van der Waals surface area contributed by atoms with Crippen LogP contribution in [0.25, 0.3) is 0 Å². The first-order chi connectivity index (χ1) is 9.01. The second-order valence-electron chi connectivity index (χ2n) is 4.01. The maximum absolute atomic E-state index is 11.9. The number of aryl methyl sites for hydroxylation is 1. The van der Waals surface area contributed by atoms with E-state index in [1.165, 1.54) is 6.07 Å². The van der Waals surface area contributed by atoms with Gasteiger partial charge in [0.15, 0.2) is 5.76 Å². The largest absolute Gasteiger partial charge is 0.447 e. The summed E-state index contributed by atoms with van der Waals surface area (Å²) in [5, 5.41) is 6.44. The smallest absolute Gasteiger partial charge is 0.274 e. The minimum atomic E-state index is -3.68. The molecule has 2 heterocycles. The van der Waals surface area contributed by atoms with Crippen molar-refractivity contribution in [2.45, 2.75) is 25.1 Å². The van der Waals surface area contributed by atoms with Crippen LogP contribution in [0.2, 0.25) is 0 Å². The molecule has 0 aliphatic heterocycles. The lowest BCUT2D eigenvalue weighted by molar-refractivity contribution is 0.374. The lowest BCUT2D eigenvalue weighted by atomic mass is 10.4. The van der Waals surface area contributed by atoms with Crippen molar-refractivity contribution >= 4 is 10.0 Å². The number of nitrogens with one attached hydrogen (secondary N) is 2. The molecule has 0 saturated heterocycles. The minimum absolute atomic E-state index is 0.0330. The van der Waals surface area contributed by atoms with E-state index in [-0.39, 0.29) is 11.6 Å². The van der Waals surface area contributed by atoms with E-state index in [9.17, 15) is 8.42 Å². The summed E-state index contributed by atoms with van der Waals surface area (Å²) in [5.41, 5.74) is 0.698. The predicted molar refractivity (Wildman–Crippen MR) is 66.7 cm³/mol. The average molecular weight is 285 g/mol. The molecule has 2 aromatic heterocycles. The van der Waals surface area contributed by atoms with Gasteiger partial charge in [0.25, 0.3) is 10.0 Å². The molecule has 2 rings (SSSR count). The Bertz CT molecular complexity index is 644. The molecule has 0 atom stereocenters. The van der Waals surface area contributed by atoms with Gasteiger partial charge in [-0.15, -0.1) is 0 Å². The van der Waals surface area contributed by atoms with Crippen molar-refractivity contribution < 1.29 is 17.4 Å². The first kappa shape index (κ1) is 13.8. The van der Waals surface area contributed by atoms with Gasteiger partial charge in [-0.2, -0.15) is 0 Å². The van der Waals surface area contributed by atoms with Crippen molar-refractivity contribution in [1.82, 2.24) is 15.2 Å². The van der Waals surface area contributed by atoms with Gasteiger partial charge in [-0.05, 0) is 26.1 Å². The molecule has 0 aliphatic carbocycles. The third-order valence-corrected chi connectivity index (χ3v) is 3.64. The van der Waals surface area contributed by atoms with E-state index >= 15 is 0 Å². The van der Waals surface area contributed by atoms with E-state index < -0.39 is 10.0 Å². The van der Waals surface area contributed by atoms with E-state index in [0.717, 1.165) is 0 Å². The van der Waals surface area contributed by atoms with Crippen LogP contribution in [-0.2, 0) is 23.1 Å². The lowest BCUT2D eigenvalue weighted by Crippen LogP contribution is -2.22. The second kappa shape index (κ2) is 5.55. The molecule has 0 amide bonds. The molecule has 0 bridgehead atoms. The summed E-state index contributed by atoms with van der Waals surface area (Å²) < 4.78 is 36.4. The Balaban J connectivity index is 2.04. The molecular formula is C11H15N3O4S. The Morgan fingerprint density at radius 1 is 1.26 bits per heavy atom. The summed E-state index contributed by atoms with van der Waals surface area (Å²) in [6.45, 7) is 2.26. The minimum Gasteiger partial charge on any atom is -0.447 e. The van der Waals surface area contributed by atoms with Gasteiger partial charge < -0.3 is 14.3 Å². The molecule has 2 aromatic rings. The van der Waals surface area contributed by atoms with Crippen LogP contribution >= 0.6 is 0 Å². The summed E-state index contributed by atoms with van der Waals surface area (Å²) >= 11 is 0. The molecule has 0 radical (unpaired) electrons. The number of sulfonamides is 1. The molecule has 0 saturated carbocycles. The summed E-state index contributed by atoms with van der Waals surface area (Å²) in [7, 11) is -1.93. The zero-order valence-corrected chi connectivity index (χ0v) is 11.5. The Kier molecular flexibility index (Phi) is 4.03. The van der Waals surface area contributed by atoms with Crippen LogP contribution in [0.5, 0.6) is 0 Å². The molecule has 8 heteroatoms. The highest BCUT2D eigenvalue weighted by molar-refractivity contribution is 7.89. The topological polar surface area (TPSA) is 97.4 Å². The van der Waals surface area contributed by atoms with Crippen molar-refractivity contribution in [3.8, 4) is 0 Å². The normalized spacial score (nSPS) is 11.9. The highest BCUT2D eigenvalue weighted by Gasteiger charge is 2.19. The molecule has 0 unspecified atom stereocenters. The Hall–Kier alpha value is -1.64. The highest BCUT2D eigenvalue weighted by Crippen LogP contribution is 2.14. The van der Waals surface area contributed by atoms with Crippen LogP contribution in [-0.4, -0.2) is 20.6 Å². The van der Waals surface area contributed by atoms with Gasteiger partial charge in [0.05, 0.1) is 18.8 Å². The third-order valence-electron chi connectivity index (χ3n) is 2.37. The molecule has 0 aliphatic rings. The van der Waals surface area contributed by atoms with Crippen molar-refractivity contribution in [3.63, 3.8) is 0 Å². The zero-order valence-electron chi connectivity index (χ0n) is 10.6. The fourth-order valence-electron chi connectivity index (χ4n) is 1.51. The Labute approximate surface area is 111 Å². The maximum atomic E-state index is 11.9. The molecular weight excluding hydrogens is 270 g/mol. The fourth-order valence-corrected chi connectivity index (χ4v) is 2.45. The SMILES string of the molecule is CNCc1ccc(S(=O)(=O)NCc2cc(C)no2)o1. The van der Waals surface area contributed by atoms with Crippen molar-refractivity contribution in [1.29, 1.82) is 0 Å². The predicted octanol–water partition coefficient (Wildman–Crippen LogP) is 0.774. The Morgan fingerprint density at radius 2 is 2.05 bits per heavy atom. The van der Waals surface area contributed by atoms with Crippen LogP contribution in [0.4, 0.5) is 0 Å². The van der Waals surface area contributed by atoms with Crippen molar-refractivity contribution in [3.05, 3.63) is 35.4 Å². The van der Waals surface area contributed by atoms with Crippen molar-refractivity contribution in [2.75, 3.05) is 7.05 Å². The van der Waals surface area contributed by atoms with Crippen LogP contribution in [0, 0.1) is 6.92 Å². The van der Waals surface area contributed by atoms with E-state index in [4.69, 9.17) is 8.94 Å². The number of nitrogens with zero attached hydrogens (tertiary/aromatic N) is 1. The van der Waals surface area contributed by atoms with Gasteiger partial charge in [0.1, 0.15) is 5.76 Å². The average Bonchev–Trinajstić information content (AvgIpc) is 2.97. The quantitative estimate of drug-likeness (QED) is 0.813. The monoisotopic (exact) mass is 285 g/mol. The molecule has 0 fully saturated rings. The standard InChI is InChI=1S/C11H15N3O4S/c1-8-5-10(18-14-8)7-13-19(15,16)11-4-3-9(17-11)6-12-2/h3-5,12-13H,6-7H2,1-2H3.